The van der Waals surface area contributed by atoms with E-state index in [1.165, 1.54) is 0 Å². The number of nitrogens with two attached hydrogens (primary N) is 1. The summed E-state index contributed by atoms with van der Waals surface area (Å²) in [5, 5.41) is 0. The summed E-state index contributed by atoms with van der Waals surface area (Å²) >= 11 is 0. The molecular weight excluding hydrogens is 69.0 g/mol. The average molecular weight is 75.1 g/mol. The van der Waals surface area contributed by atoms with E-state index in [2.05, 4.69) is 15.8 Å². The van der Waals surface area contributed by atoms with Gasteiger partial charge in [0.05, 0.1) is 0 Å². The molecule has 0 radical (unpaired) electrons. The van der Waals surface area contributed by atoms with Crippen LogP contribution in [0.4, 0.5) is 0 Å². The SMILES string of the molecule is C=C(N)P. The van der Waals surface area contributed by atoms with Crippen LogP contribution in [0.25, 0.3) is 0 Å². The molecule has 2 N–H and O–H groups in total. The molecule has 0 spiro atoms. The summed E-state index contributed by atoms with van der Waals surface area (Å²) in [7, 11) is 2.24. The first-order chi connectivity index (χ1) is 1.73. The molecule has 1 nitrogen and oxygen atoms in total. The van der Waals surface area contributed by atoms with Crippen molar-refractivity contribution in [3.05, 3.63) is 12.0 Å². The van der Waals surface area contributed by atoms with Gasteiger partial charge in [0, 0.05) is 5.44 Å². The largest absolute Gasteiger partial charge is 0.399 e. The van der Waals surface area contributed by atoms with Crippen LogP contribution < -0.4 is 5.73 Å². The predicted octanol–water partition coefficient (Wildman–Crippen LogP) is 0.291. The van der Waals surface area contributed by atoms with Gasteiger partial charge < -0.3 is 5.73 Å². The van der Waals surface area contributed by atoms with Crippen LogP contribution in [0.5, 0.6) is 0 Å². The van der Waals surface area contributed by atoms with E-state index in [1.807, 2.05) is 0 Å². The van der Waals surface area contributed by atoms with Gasteiger partial charge in [-0.2, -0.15) is 0 Å². The molecular formula is C2H6NP. The van der Waals surface area contributed by atoms with Gasteiger partial charge in [0.25, 0.3) is 0 Å². The molecule has 24 valence electrons. The molecule has 0 heterocycles. The first-order valence-electron chi connectivity index (χ1n) is 0.931. The number of rotatable bonds is 0. The summed E-state index contributed by atoms with van der Waals surface area (Å²) in [5.41, 5.74) is 5.46. The smallest absolute Gasteiger partial charge is 0.0182 e. The monoisotopic (exact) mass is 75.0 g/mol. The summed E-state index contributed by atoms with van der Waals surface area (Å²) in [5.74, 6) is 0. The topological polar surface area (TPSA) is 26.0 Å². The Bertz CT molecular complexity index is 29.0. The van der Waals surface area contributed by atoms with E-state index in [1.54, 1.807) is 0 Å². The molecule has 0 aliphatic carbocycles. The Balaban J connectivity index is 2.80. The van der Waals surface area contributed by atoms with Gasteiger partial charge in [-0.1, -0.05) is 15.8 Å². The minimum absolute atomic E-state index is 0.583. The number of hydrogen-bond donors (Lipinski definition) is 1. The van der Waals surface area contributed by atoms with E-state index in [9.17, 15) is 0 Å². The van der Waals surface area contributed by atoms with Crippen LogP contribution in [0.2, 0.25) is 0 Å². The van der Waals surface area contributed by atoms with Crippen molar-refractivity contribution in [2.75, 3.05) is 0 Å². The highest BCUT2D eigenvalue weighted by atomic mass is 31.0. The van der Waals surface area contributed by atoms with Crippen LogP contribution >= 0.6 is 9.24 Å². The molecule has 0 aromatic rings. The molecule has 0 saturated carbocycles. The maximum atomic E-state index is 4.88. The molecule has 4 heavy (non-hydrogen) atoms. The third kappa shape index (κ3) is 2060. The Morgan fingerprint density at radius 1 is 2.00 bits per heavy atom. The van der Waals surface area contributed by atoms with Crippen LogP contribution in [0, 0.1) is 0 Å². The van der Waals surface area contributed by atoms with Gasteiger partial charge >= 0.3 is 0 Å². The summed E-state index contributed by atoms with van der Waals surface area (Å²) in [6.45, 7) is 3.30. The Morgan fingerprint density at radius 3 is 2.00 bits per heavy atom. The predicted molar refractivity (Wildman–Crippen MR) is 23.0 cm³/mol. The van der Waals surface area contributed by atoms with Gasteiger partial charge in [-0.3, -0.25) is 0 Å². The van der Waals surface area contributed by atoms with Gasteiger partial charge in [0.1, 0.15) is 0 Å². The Kier molecular flexibility index (Phi) is 1.30. The molecule has 0 aromatic heterocycles. The van der Waals surface area contributed by atoms with Crippen molar-refractivity contribution in [3.63, 3.8) is 0 Å². The van der Waals surface area contributed by atoms with Crippen molar-refractivity contribution in [1.82, 2.24) is 0 Å². The first kappa shape index (κ1) is 3.97. The molecule has 0 aromatic carbocycles. The number of hydrogen-bond acceptors (Lipinski definition) is 1. The van der Waals surface area contributed by atoms with E-state index in [0.29, 0.717) is 5.44 Å². The van der Waals surface area contributed by atoms with Crippen molar-refractivity contribution >= 4 is 9.24 Å². The highest BCUT2D eigenvalue weighted by Crippen LogP contribution is 1.83. The lowest BCUT2D eigenvalue weighted by Gasteiger charge is -1.69. The van der Waals surface area contributed by atoms with Crippen LogP contribution in [0.1, 0.15) is 0 Å². The van der Waals surface area contributed by atoms with Crippen molar-refractivity contribution in [3.8, 4) is 0 Å². The zero-order valence-electron chi connectivity index (χ0n) is 2.36. The third-order valence-electron chi connectivity index (χ3n) is 0. The van der Waals surface area contributed by atoms with E-state index in [4.69, 9.17) is 5.73 Å². The van der Waals surface area contributed by atoms with Gasteiger partial charge in [0.2, 0.25) is 0 Å². The van der Waals surface area contributed by atoms with E-state index >= 15 is 0 Å². The van der Waals surface area contributed by atoms with Crippen LogP contribution in [-0.2, 0) is 0 Å². The van der Waals surface area contributed by atoms with Crippen molar-refractivity contribution in [2.24, 2.45) is 5.73 Å². The molecule has 0 saturated heterocycles. The lowest BCUT2D eigenvalue weighted by atomic mass is 11.1. The van der Waals surface area contributed by atoms with E-state index in [-0.39, 0.29) is 0 Å². The second-order valence-corrected chi connectivity index (χ2v) is 1.32. The van der Waals surface area contributed by atoms with Gasteiger partial charge in [-0.15, -0.1) is 0 Å². The summed E-state index contributed by atoms with van der Waals surface area (Å²) in [6, 6.07) is 0. The highest BCUT2D eigenvalue weighted by Gasteiger charge is 1.50. The Morgan fingerprint density at radius 2 is 2.00 bits per heavy atom. The van der Waals surface area contributed by atoms with Crippen LogP contribution in [-0.4, -0.2) is 0 Å². The molecule has 1 unspecified atom stereocenters. The quantitative estimate of drug-likeness (QED) is 0.411. The molecule has 1 atom stereocenters. The fraction of sp³-hybridized carbons (Fsp3) is 0. The van der Waals surface area contributed by atoms with Gasteiger partial charge in [-0.05, 0) is 0 Å². The molecule has 0 aliphatic heterocycles. The molecule has 2 heteroatoms. The highest BCUT2D eigenvalue weighted by molar-refractivity contribution is 7.22. The van der Waals surface area contributed by atoms with Crippen molar-refractivity contribution in [1.29, 1.82) is 0 Å². The van der Waals surface area contributed by atoms with Gasteiger partial charge in [0.15, 0.2) is 0 Å². The minimum atomic E-state index is 0.583. The van der Waals surface area contributed by atoms with Crippen molar-refractivity contribution < 1.29 is 0 Å². The fourth-order valence-electron chi connectivity index (χ4n) is 0. The minimum Gasteiger partial charge on any atom is -0.399 e. The average Bonchev–Trinajstić information content (AvgIpc) is 0.811. The van der Waals surface area contributed by atoms with E-state index in [0.717, 1.165) is 0 Å². The maximum Gasteiger partial charge on any atom is 0.0182 e. The lowest BCUT2D eigenvalue weighted by Crippen LogP contribution is -1.78. The zero-order chi connectivity index (χ0) is 3.58. The van der Waals surface area contributed by atoms with Crippen LogP contribution in [0.15, 0.2) is 12.0 Å². The molecule has 0 amide bonds. The third-order valence-corrected chi connectivity index (χ3v) is 0. The molecule has 0 aliphatic rings. The Hall–Kier alpha value is -0.0300. The summed E-state index contributed by atoms with van der Waals surface area (Å²) in [6.07, 6.45) is 0. The standard InChI is InChI=1S/C2H6NP/c1-2(3)4/h1,3-4H2. The van der Waals surface area contributed by atoms with Crippen molar-refractivity contribution in [2.45, 2.75) is 0 Å². The second kappa shape index (κ2) is 1.31. The first-order valence-corrected chi connectivity index (χ1v) is 1.51. The van der Waals surface area contributed by atoms with Crippen LogP contribution in [0.3, 0.4) is 0 Å². The van der Waals surface area contributed by atoms with Gasteiger partial charge in [-0.25, -0.2) is 0 Å². The lowest BCUT2D eigenvalue weighted by molar-refractivity contribution is 1.59. The summed E-state index contributed by atoms with van der Waals surface area (Å²) < 4.78 is 0. The maximum absolute atomic E-state index is 4.88. The Labute approximate surface area is 28.1 Å². The summed E-state index contributed by atoms with van der Waals surface area (Å²) in [4.78, 5) is 0. The van der Waals surface area contributed by atoms with E-state index < -0.39 is 0 Å². The zero-order valence-corrected chi connectivity index (χ0v) is 3.52. The second-order valence-electron chi connectivity index (χ2n) is 0.575. The molecule has 0 rings (SSSR count). The molecule has 0 fully saturated rings. The normalized spacial score (nSPS) is 6.25. The molecule has 0 bridgehead atoms. The fourth-order valence-corrected chi connectivity index (χ4v) is 0.